The highest BCUT2D eigenvalue weighted by Gasteiger charge is 2.21. The van der Waals surface area contributed by atoms with Crippen molar-refractivity contribution in [2.45, 2.75) is 13.1 Å². The lowest BCUT2D eigenvalue weighted by Crippen LogP contribution is -2.49. The number of nitrogens with one attached hydrogen (secondary N) is 1. The molecule has 1 amide bonds. The summed E-state index contributed by atoms with van der Waals surface area (Å²) in [5, 5.41) is 3.03. The summed E-state index contributed by atoms with van der Waals surface area (Å²) in [5.41, 5.74) is 4.28. The minimum Gasteiger partial charge on any atom is -0.497 e. The van der Waals surface area contributed by atoms with Crippen molar-refractivity contribution >= 4 is 16.9 Å². The molecule has 0 bridgehead atoms. The number of amides is 1. The van der Waals surface area contributed by atoms with Crippen LogP contribution in [0.4, 0.5) is 0 Å². The highest BCUT2D eigenvalue weighted by atomic mass is 16.5. The third kappa shape index (κ3) is 5.53. The van der Waals surface area contributed by atoms with Crippen molar-refractivity contribution in [3.8, 4) is 11.4 Å². The third-order valence-electron chi connectivity index (χ3n) is 6.49. The van der Waals surface area contributed by atoms with Crippen LogP contribution in [0.2, 0.25) is 0 Å². The first kappa shape index (κ1) is 23.1. The van der Waals surface area contributed by atoms with E-state index < -0.39 is 0 Å². The molecule has 0 radical (unpaired) electrons. The van der Waals surface area contributed by atoms with Gasteiger partial charge in [0.05, 0.1) is 31.2 Å². The second-order valence-corrected chi connectivity index (χ2v) is 8.86. The molecule has 180 valence electrons. The number of hydrogen-bond acceptors (Lipinski definition) is 5. The van der Waals surface area contributed by atoms with Crippen LogP contribution in [0.3, 0.4) is 0 Å². The van der Waals surface area contributed by atoms with Gasteiger partial charge in [0.1, 0.15) is 11.6 Å². The van der Waals surface area contributed by atoms with Crippen LogP contribution in [-0.4, -0.2) is 65.1 Å². The molecule has 0 saturated carbocycles. The molecule has 0 spiro atoms. The van der Waals surface area contributed by atoms with E-state index >= 15 is 0 Å². The van der Waals surface area contributed by atoms with E-state index in [1.54, 1.807) is 7.11 Å². The molecule has 1 aromatic heterocycles. The van der Waals surface area contributed by atoms with E-state index in [2.05, 4.69) is 50.0 Å². The number of carbonyl (C=O) groups is 1. The molecule has 1 N–H and O–H groups in total. The Morgan fingerprint density at radius 3 is 2.31 bits per heavy atom. The van der Waals surface area contributed by atoms with Crippen LogP contribution in [-0.2, 0) is 17.9 Å². The van der Waals surface area contributed by atoms with Gasteiger partial charge in [-0.2, -0.15) is 0 Å². The molecular weight excluding hydrogens is 438 g/mol. The summed E-state index contributed by atoms with van der Waals surface area (Å²) in [6, 6.07) is 26.4. The van der Waals surface area contributed by atoms with Crippen molar-refractivity contribution < 1.29 is 9.53 Å². The average Bonchev–Trinajstić information content (AvgIpc) is 3.27. The van der Waals surface area contributed by atoms with Gasteiger partial charge >= 0.3 is 0 Å². The number of ether oxygens (including phenoxy) is 1. The Morgan fingerprint density at radius 1 is 0.886 bits per heavy atom. The van der Waals surface area contributed by atoms with Gasteiger partial charge in [-0.05, 0) is 42.0 Å². The fraction of sp³-hybridized carbons (Fsp3) is 0.286. The van der Waals surface area contributed by atoms with Crippen LogP contribution in [0.5, 0.6) is 5.75 Å². The van der Waals surface area contributed by atoms with Crippen molar-refractivity contribution in [3.05, 3.63) is 90.3 Å². The summed E-state index contributed by atoms with van der Waals surface area (Å²) in [5.74, 6) is 1.93. The van der Waals surface area contributed by atoms with E-state index in [0.717, 1.165) is 66.6 Å². The van der Waals surface area contributed by atoms with E-state index in [9.17, 15) is 4.79 Å². The summed E-state index contributed by atoms with van der Waals surface area (Å²) in [7, 11) is 1.68. The Bertz CT molecular complexity index is 1260. The summed E-state index contributed by atoms with van der Waals surface area (Å²) >= 11 is 0. The maximum Gasteiger partial charge on any atom is 0.234 e. The van der Waals surface area contributed by atoms with Crippen molar-refractivity contribution in [3.63, 3.8) is 0 Å². The van der Waals surface area contributed by atoms with E-state index in [-0.39, 0.29) is 5.91 Å². The van der Waals surface area contributed by atoms with Crippen LogP contribution in [0.25, 0.3) is 16.7 Å². The van der Waals surface area contributed by atoms with Crippen LogP contribution in [0.1, 0.15) is 11.4 Å². The minimum absolute atomic E-state index is 0.0728. The van der Waals surface area contributed by atoms with Gasteiger partial charge in [0, 0.05) is 38.4 Å². The minimum atomic E-state index is 0.0728. The molecule has 1 fully saturated rings. The number of benzene rings is 3. The standard InChI is InChI=1S/C28H31N5O2/c1-35-24-13-11-23(12-14-24)33-26-10-6-5-9-25(26)30-27(33)20-31-15-17-32(18-16-31)21-28(34)29-19-22-7-3-2-4-8-22/h2-14H,15-21H2,1H3,(H,29,34). The molecule has 7 nitrogen and oxygen atoms in total. The SMILES string of the molecule is COc1ccc(-n2c(CN3CCN(CC(=O)NCc4ccccc4)CC3)nc3ccccc32)cc1. The normalized spacial score (nSPS) is 14.8. The fourth-order valence-electron chi connectivity index (χ4n) is 4.56. The Kier molecular flexibility index (Phi) is 7.07. The van der Waals surface area contributed by atoms with Gasteiger partial charge < -0.3 is 10.1 Å². The van der Waals surface area contributed by atoms with Gasteiger partial charge in [-0.1, -0.05) is 42.5 Å². The first-order valence-electron chi connectivity index (χ1n) is 12.1. The zero-order chi connectivity index (χ0) is 24.0. The maximum absolute atomic E-state index is 12.4. The van der Waals surface area contributed by atoms with Gasteiger partial charge in [-0.25, -0.2) is 4.98 Å². The molecule has 0 unspecified atom stereocenters. The third-order valence-corrected chi connectivity index (χ3v) is 6.49. The second kappa shape index (κ2) is 10.7. The van der Waals surface area contributed by atoms with Crippen molar-refractivity contribution in [2.24, 2.45) is 0 Å². The molecule has 2 heterocycles. The average molecular weight is 470 g/mol. The summed E-state index contributed by atoms with van der Waals surface area (Å²) in [4.78, 5) is 22.0. The molecule has 0 atom stereocenters. The van der Waals surface area contributed by atoms with E-state index in [1.807, 2.05) is 48.5 Å². The number of imidazole rings is 1. The Hall–Kier alpha value is -3.68. The Balaban J connectivity index is 1.21. The highest BCUT2D eigenvalue weighted by Crippen LogP contribution is 2.24. The molecule has 1 aliphatic heterocycles. The monoisotopic (exact) mass is 469 g/mol. The molecule has 1 saturated heterocycles. The number of hydrogen-bond donors (Lipinski definition) is 1. The van der Waals surface area contributed by atoms with Gasteiger partial charge in [-0.15, -0.1) is 0 Å². The zero-order valence-corrected chi connectivity index (χ0v) is 20.1. The molecule has 3 aromatic carbocycles. The predicted molar refractivity (Wildman–Crippen MR) is 138 cm³/mol. The van der Waals surface area contributed by atoms with Crippen molar-refractivity contribution in [1.82, 2.24) is 24.7 Å². The van der Waals surface area contributed by atoms with Gasteiger partial charge in [0.25, 0.3) is 0 Å². The lowest BCUT2D eigenvalue weighted by atomic mass is 10.2. The summed E-state index contributed by atoms with van der Waals surface area (Å²) in [6.07, 6.45) is 0. The van der Waals surface area contributed by atoms with E-state index in [4.69, 9.17) is 9.72 Å². The largest absolute Gasteiger partial charge is 0.497 e. The summed E-state index contributed by atoms with van der Waals surface area (Å²) in [6.45, 7) is 5.29. The smallest absolute Gasteiger partial charge is 0.234 e. The Labute approximate surface area is 205 Å². The number of piperazine rings is 1. The molecule has 0 aliphatic carbocycles. The molecular formula is C28H31N5O2. The number of fused-ring (bicyclic) bond motifs is 1. The van der Waals surface area contributed by atoms with Gasteiger partial charge in [0.2, 0.25) is 5.91 Å². The zero-order valence-electron chi connectivity index (χ0n) is 20.1. The highest BCUT2D eigenvalue weighted by molar-refractivity contribution is 5.78. The fourth-order valence-corrected chi connectivity index (χ4v) is 4.56. The lowest BCUT2D eigenvalue weighted by Gasteiger charge is -2.34. The number of methoxy groups -OCH3 is 1. The van der Waals surface area contributed by atoms with Crippen LogP contribution >= 0.6 is 0 Å². The topological polar surface area (TPSA) is 62.6 Å². The van der Waals surface area contributed by atoms with E-state index in [1.165, 1.54) is 0 Å². The lowest BCUT2D eigenvalue weighted by molar-refractivity contribution is -0.122. The molecule has 5 rings (SSSR count). The first-order valence-corrected chi connectivity index (χ1v) is 12.1. The number of para-hydroxylation sites is 2. The number of nitrogens with zero attached hydrogens (tertiary/aromatic N) is 4. The quantitative estimate of drug-likeness (QED) is 0.428. The predicted octanol–water partition coefficient (Wildman–Crippen LogP) is 3.47. The summed E-state index contributed by atoms with van der Waals surface area (Å²) < 4.78 is 7.57. The molecule has 7 heteroatoms. The molecule has 4 aromatic rings. The molecule has 1 aliphatic rings. The van der Waals surface area contributed by atoms with Gasteiger partial charge in [0.15, 0.2) is 0 Å². The van der Waals surface area contributed by atoms with Crippen LogP contribution < -0.4 is 10.1 Å². The Morgan fingerprint density at radius 2 is 1.57 bits per heavy atom. The maximum atomic E-state index is 12.4. The number of carbonyl (C=O) groups excluding carboxylic acids is 1. The second-order valence-electron chi connectivity index (χ2n) is 8.86. The van der Waals surface area contributed by atoms with E-state index in [0.29, 0.717) is 13.1 Å². The van der Waals surface area contributed by atoms with Crippen molar-refractivity contribution in [2.75, 3.05) is 39.8 Å². The van der Waals surface area contributed by atoms with Crippen LogP contribution in [0.15, 0.2) is 78.9 Å². The van der Waals surface area contributed by atoms with Crippen LogP contribution in [0, 0.1) is 0 Å². The molecule has 35 heavy (non-hydrogen) atoms. The van der Waals surface area contributed by atoms with Crippen molar-refractivity contribution in [1.29, 1.82) is 0 Å². The van der Waals surface area contributed by atoms with Gasteiger partial charge in [-0.3, -0.25) is 19.2 Å². The number of aromatic nitrogens is 2. The first-order chi connectivity index (χ1) is 17.2. The number of rotatable bonds is 8.